The predicted octanol–water partition coefficient (Wildman–Crippen LogP) is 3.79. The van der Waals surface area contributed by atoms with Crippen LogP contribution in [0.1, 0.15) is 32.1 Å². The van der Waals surface area contributed by atoms with Gasteiger partial charge in [0.1, 0.15) is 0 Å². The number of halogens is 1. The van der Waals surface area contributed by atoms with Crippen LogP contribution in [0.2, 0.25) is 0 Å². The normalized spacial score (nSPS) is 16.7. The van der Waals surface area contributed by atoms with Crippen molar-refractivity contribution in [1.29, 1.82) is 0 Å². The Hall–Kier alpha value is -0.740. The summed E-state index contributed by atoms with van der Waals surface area (Å²) in [5, 5.41) is 3.31. The van der Waals surface area contributed by atoms with Gasteiger partial charge in [0.25, 0.3) is 0 Å². The van der Waals surface area contributed by atoms with E-state index in [0.29, 0.717) is 6.10 Å². The Bertz CT molecular complexity index is 378. The van der Waals surface area contributed by atoms with Gasteiger partial charge in [-0.15, -0.1) is 0 Å². The molecule has 1 aliphatic rings. The highest BCUT2D eigenvalue weighted by Crippen LogP contribution is 2.23. The van der Waals surface area contributed by atoms with Crippen LogP contribution in [0.15, 0.2) is 22.7 Å². The first-order chi connectivity index (χ1) is 8.75. The van der Waals surface area contributed by atoms with Crippen LogP contribution in [0, 0.1) is 0 Å². The van der Waals surface area contributed by atoms with Gasteiger partial charge in [-0.2, -0.15) is 0 Å². The minimum absolute atomic E-state index is 0.473. The molecule has 0 aliphatic heterocycles. The van der Waals surface area contributed by atoms with Crippen molar-refractivity contribution in [3.63, 3.8) is 0 Å². The van der Waals surface area contributed by atoms with Crippen LogP contribution in [0.5, 0.6) is 0 Å². The van der Waals surface area contributed by atoms with E-state index in [1.165, 1.54) is 32.1 Å². The summed E-state index contributed by atoms with van der Waals surface area (Å²) < 4.78 is 6.89. The van der Waals surface area contributed by atoms with E-state index in [1.807, 2.05) is 18.2 Å². The fourth-order valence-electron chi connectivity index (χ4n) is 2.32. The van der Waals surface area contributed by atoms with Crippen LogP contribution in [0.4, 0.5) is 11.4 Å². The van der Waals surface area contributed by atoms with Crippen molar-refractivity contribution >= 4 is 27.3 Å². The number of hydrogen-bond acceptors (Lipinski definition) is 3. The molecule has 3 nitrogen and oxygen atoms in total. The lowest BCUT2D eigenvalue weighted by atomic mass is 9.98. The van der Waals surface area contributed by atoms with Crippen LogP contribution in [-0.2, 0) is 4.74 Å². The van der Waals surface area contributed by atoms with E-state index in [2.05, 4.69) is 21.2 Å². The molecule has 1 aromatic carbocycles. The fraction of sp³-hybridized carbons (Fsp3) is 0.571. The molecule has 0 bridgehead atoms. The first-order valence-corrected chi connectivity index (χ1v) is 7.45. The number of rotatable bonds is 5. The second kappa shape index (κ2) is 7.00. The predicted molar refractivity (Wildman–Crippen MR) is 79.9 cm³/mol. The molecule has 0 aromatic heterocycles. The summed E-state index contributed by atoms with van der Waals surface area (Å²) in [6.45, 7) is 1.55. The summed E-state index contributed by atoms with van der Waals surface area (Å²) in [6.07, 6.45) is 6.92. The maximum atomic E-state index is 5.89. The van der Waals surface area contributed by atoms with Crippen molar-refractivity contribution in [2.75, 3.05) is 24.2 Å². The maximum Gasteiger partial charge on any atom is 0.0642 e. The highest BCUT2D eigenvalue weighted by molar-refractivity contribution is 9.10. The van der Waals surface area contributed by atoms with Crippen molar-refractivity contribution in [3.05, 3.63) is 22.7 Å². The SMILES string of the molecule is Nc1ccc(Br)cc1NCCOC1CCCCC1. The van der Waals surface area contributed by atoms with E-state index in [1.54, 1.807) is 0 Å². The Morgan fingerprint density at radius 1 is 1.28 bits per heavy atom. The molecule has 0 spiro atoms. The van der Waals surface area contributed by atoms with E-state index >= 15 is 0 Å². The fourth-order valence-corrected chi connectivity index (χ4v) is 2.69. The molecule has 2 rings (SSSR count). The Balaban J connectivity index is 1.69. The van der Waals surface area contributed by atoms with Crippen molar-refractivity contribution in [2.45, 2.75) is 38.2 Å². The van der Waals surface area contributed by atoms with Gasteiger partial charge >= 0.3 is 0 Å². The van der Waals surface area contributed by atoms with Gasteiger partial charge in [-0.25, -0.2) is 0 Å². The summed E-state index contributed by atoms with van der Waals surface area (Å²) in [5.41, 5.74) is 7.63. The smallest absolute Gasteiger partial charge is 0.0642 e. The molecule has 1 fully saturated rings. The van der Waals surface area contributed by atoms with Gasteiger partial charge in [-0.1, -0.05) is 35.2 Å². The lowest BCUT2D eigenvalue weighted by Gasteiger charge is -2.22. The molecule has 0 heterocycles. The zero-order chi connectivity index (χ0) is 12.8. The number of nitrogens with two attached hydrogens (primary N) is 1. The van der Waals surface area contributed by atoms with Gasteiger partial charge in [-0.05, 0) is 31.0 Å². The van der Waals surface area contributed by atoms with Gasteiger partial charge in [0.05, 0.1) is 24.1 Å². The molecule has 0 saturated heterocycles. The number of benzene rings is 1. The Morgan fingerprint density at radius 3 is 2.83 bits per heavy atom. The average Bonchev–Trinajstić information content (AvgIpc) is 2.40. The van der Waals surface area contributed by atoms with Gasteiger partial charge in [0.2, 0.25) is 0 Å². The molecule has 1 aromatic rings. The second-order valence-corrected chi connectivity index (χ2v) is 5.70. The molecular weight excluding hydrogens is 292 g/mol. The van der Waals surface area contributed by atoms with Crippen LogP contribution in [-0.4, -0.2) is 19.3 Å². The van der Waals surface area contributed by atoms with Crippen molar-refractivity contribution in [3.8, 4) is 0 Å². The van der Waals surface area contributed by atoms with Crippen LogP contribution < -0.4 is 11.1 Å². The molecule has 0 unspecified atom stereocenters. The van der Waals surface area contributed by atoms with Crippen LogP contribution in [0.3, 0.4) is 0 Å². The summed E-state index contributed by atoms with van der Waals surface area (Å²) in [7, 11) is 0. The highest BCUT2D eigenvalue weighted by Gasteiger charge is 2.13. The molecule has 18 heavy (non-hydrogen) atoms. The summed E-state index contributed by atoms with van der Waals surface area (Å²) in [4.78, 5) is 0. The van der Waals surface area contributed by atoms with E-state index in [0.717, 1.165) is 29.0 Å². The molecule has 0 radical (unpaired) electrons. The number of nitrogen functional groups attached to an aromatic ring is 1. The molecule has 3 N–H and O–H groups in total. The van der Waals surface area contributed by atoms with Gasteiger partial charge in [0.15, 0.2) is 0 Å². The Kier molecular flexibility index (Phi) is 5.32. The third-order valence-corrected chi connectivity index (χ3v) is 3.83. The zero-order valence-corrected chi connectivity index (χ0v) is 12.2. The molecular formula is C14H21BrN2O. The van der Waals surface area contributed by atoms with Gasteiger partial charge in [0, 0.05) is 11.0 Å². The number of nitrogens with one attached hydrogen (secondary N) is 1. The standard InChI is InChI=1S/C14H21BrN2O/c15-11-6-7-13(16)14(10-11)17-8-9-18-12-4-2-1-3-5-12/h6-7,10,12,17H,1-5,8-9,16H2. The average molecular weight is 313 g/mol. The van der Waals surface area contributed by atoms with E-state index in [9.17, 15) is 0 Å². The quantitative estimate of drug-likeness (QED) is 0.642. The third-order valence-electron chi connectivity index (χ3n) is 3.34. The zero-order valence-electron chi connectivity index (χ0n) is 10.6. The summed E-state index contributed by atoms with van der Waals surface area (Å²) >= 11 is 3.44. The molecule has 1 saturated carbocycles. The maximum absolute atomic E-state index is 5.89. The monoisotopic (exact) mass is 312 g/mol. The topological polar surface area (TPSA) is 47.3 Å². The third kappa shape index (κ3) is 4.18. The number of anilines is 2. The second-order valence-electron chi connectivity index (χ2n) is 4.79. The molecule has 0 atom stereocenters. The largest absolute Gasteiger partial charge is 0.397 e. The van der Waals surface area contributed by atoms with E-state index in [-0.39, 0.29) is 0 Å². The van der Waals surface area contributed by atoms with Crippen molar-refractivity contribution in [1.82, 2.24) is 0 Å². The molecule has 0 amide bonds. The minimum Gasteiger partial charge on any atom is -0.397 e. The summed E-state index contributed by atoms with van der Waals surface area (Å²) in [6, 6.07) is 5.84. The Morgan fingerprint density at radius 2 is 2.06 bits per heavy atom. The van der Waals surface area contributed by atoms with Crippen molar-refractivity contribution in [2.24, 2.45) is 0 Å². The highest BCUT2D eigenvalue weighted by atomic mass is 79.9. The first kappa shape index (κ1) is 13.7. The lowest BCUT2D eigenvalue weighted by molar-refractivity contribution is 0.0347. The molecule has 100 valence electrons. The lowest BCUT2D eigenvalue weighted by Crippen LogP contribution is -2.20. The minimum atomic E-state index is 0.473. The van der Waals surface area contributed by atoms with E-state index in [4.69, 9.17) is 10.5 Å². The number of hydrogen-bond donors (Lipinski definition) is 2. The molecule has 4 heteroatoms. The molecule has 1 aliphatic carbocycles. The number of ether oxygens (including phenoxy) is 1. The first-order valence-electron chi connectivity index (χ1n) is 6.66. The van der Waals surface area contributed by atoms with E-state index < -0.39 is 0 Å². The van der Waals surface area contributed by atoms with Gasteiger partial charge in [-0.3, -0.25) is 0 Å². The van der Waals surface area contributed by atoms with Gasteiger partial charge < -0.3 is 15.8 Å². The Labute approximate surface area is 117 Å². The summed E-state index contributed by atoms with van der Waals surface area (Å²) in [5.74, 6) is 0. The van der Waals surface area contributed by atoms with Crippen LogP contribution in [0.25, 0.3) is 0 Å². The van der Waals surface area contributed by atoms with Crippen LogP contribution >= 0.6 is 15.9 Å². The van der Waals surface area contributed by atoms with Crippen molar-refractivity contribution < 1.29 is 4.74 Å².